The summed E-state index contributed by atoms with van der Waals surface area (Å²) in [4.78, 5) is 15.7. The molecule has 16 heavy (non-hydrogen) atoms. The number of carbonyl (C=O) groups is 1. The highest BCUT2D eigenvalue weighted by Crippen LogP contribution is 2.11. The number of carbonyl (C=O) groups excluding carboxylic acids is 1. The van der Waals surface area contributed by atoms with Crippen LogP contribution in [0.4, 0.5) is 0 Å². The lowest BCUT2D eigenvalue weighted by molar-refractivity contribution is 0.0937. The van der Waals surface area contributed by atoms with Crippen molar-refractivity contribution in [3.63, 3.8) is 0 Å². The van der Waals surface area contributed by atoms with E-state index < -0.39 is 0 Å². The second kappa shape index (κ2) is 4.94. The van der Waals surface area contributed by atoms with Gasteiger partial charge in [0.2, 0.25) is 5.89 Å². The number of nitrogens with zero attached hydrogens (tertiary/aromatic N) is 1. The van der Waals surface area contributed by atoms with Crippen molar-refractivity contribution in [2.75, 3.05) is 0 Å². The zero-order valence-electron chi connectivity index (χ0n) is 8.98. The average Bonchev–Trinajstić information content (AvgIpc) is 2.79. The molecule has 1 atom stereocenters. The molecule has 86 valence electrons. The van der Waals surface area contributed by atoms with E-state index in [1.807, 2.05) is 6.08 Å². The number of amides is 1. The van der Waals surface area contributed by atoms with Gasteiger partial charge < -0.3 is 15.5 Å². The molecule has 0 saturated carbocycles. The molecule has 0 spiro atoms. The minimum atomic E-state index is -0.208. The summed E-state index contributed by atoms with van der Waals surface area (Å²) in [6.45, 7) is 0.205. The summed E-state index contributed by atoms with van der Waals surface area (Å²) in [5, 5.41) is 2.88. The van der Waals surface area contributed by atoms with Gasteiger partial charge >= 0.3 is 0 Å². The Morgan fingerprint density at radius 3 is 3.19 bits per heavy atom. The second-order valence-electron chi connectivity index (χ2n) is 3.77. The van der Waals surface area contributed by atoms with E-state index in [0.29, 0.717) is 11.6 Å². The number of rotatable bonds is 3. The molecule has 1 amide bonds. The molecule has 1 unspecified atom stereocenters. The van der Waals surface area contributed by atoms with Crippen LogP contribution in [0.1, 0.15) is 35.6 Å². The number of allylic oxidation sites excluding steroid dienone is 1. The normalized spacial score (nSPS) is 19.7. The van der Waals surface area contributed by atoms with Gasteiger partial charge in [-0.1, -0.05) is 12.2 Å². The zero-order chi connectivity index (χ0) is 11.4. The number of hydrogen-bond donors (Lipinski definition) is 2. The predicted octanol–water partition coefficient (Wildman–Crippen LogP) is 0.972. The highest BCUT2D eigenvalue weighted by Gasteiger charge is 2.16. The van der Waals surface area contributed by atoms with E-state index in [4.69, 9.17) is 10.2 Å². The fourth-order valence-electron chi connectivity index (χ4n) is 1.68. The van der Waals surface area contributed by atoms with Gasteiger partial charge in [0, 0.05) is 6.04 Å². The van der Waals surface area contributed by atoms with Crippen LogP contribution in [0.5, 0.6) is 0 Å². The van der Waals surface area contributed by atoms with Gasteiger partial charge in [0.15, 0.2) is 5.69 Å². The van der Waals surface area contributed by atoms with Crippen molar-refractivity contribution in [3.05, 3.63) is 30.0 Å². The van der Waals surface area contributed by atoms with Crippen LogP contribution >= 0.6 is 0 Å². The largest absolute Gasteiger partial charge is 0.447 e. The second-order valence-corrected chi connectivity index (χ2v) is 3.77. The average molecular weight is 221 g/mol. The molecule has 5 nitrogen and oxygen atoms in total. The van der Waals surface area contributed by atoms with Crippen LogP contribution in [0.3, 0.4) is 0 Å². The van der Waals surface area contributed by atoms with E-state index >= 15 is 0 Å². The van der Waals surface area contributed by atoms with Crippen molar-refractivity contribution in [2.24, 2.45) is 5.73 Å². The first kappa shape index (κ1) is 10.9. The summed E-state index contributed by atoms with van der Waals surface area (Å²) in [5.74, 6) is 0.171. The van der Waals surface area contributed by atoms with Crippen molar-refractivity contribution in [1.82, 2.24) is 10.3 Å². The molecular formula is C11H15N3O2. The summed E-state index contributed by atoms with van der Waals surface area (Å²) in [7, 11) is 0. The Kier molecular flexibility index (Phi) is 3.36. The van der Waals surface area contributed by atoms with Gasteiger partial charge in [-0.15, -0.1) is 0 Å². The van der Waals surface area contributed by atoms with Gasteiger partial charge in [-0.05, 0) is 19.3 Å². The van der Waals surface area contributed by atoms with E-state index in [1.165, 1.54) is 6.26 Å². The standard InChI is InChI=1S/C11H15N3O2/c12-6-10-14-9(7-16-10)11(15)13-8-4-2-1-3-5-8/h2,4,7-8H,1,3,5-6,12H2,(H,13,15). The number of aromatic nitrogens is 1. The SMILES string of the molecule is NCc1nc(C(=O)NC2C=CCCC2)co1. The number of nitrogens with one attached hydrogen (secondary N) is 1. The fourth-order valence-corrected chi connectivity index (χ4v) is 1.68. The molecule has 3 N–H and O–H groups in total. The lowest BCUT2D eigenvalue weighted by Gasteiger charge is -2.16. The Hall–Kier alpha value is -1.62. The summed E-state index contributed by atoms with van der Waals surface area (Å²) >= 11 is 0. The molecule has 0 saturated heterocycles. The molecule has 2 rings (SSSR count). The third kappa shape index (κ3) is 2.49. The van der Waals surface area contributed by atoms with Crippen molar-refractivity contribution >= 4 is 5.91 Å². The molecule has 1 aliphatic rings. The van der Waals surface area contributed by atoms with Crippen LogP contribution in [-0.2, 0) is 6.54 Å². The first-order chi connectivity index (χ1) is 7.79. The third-order valence-corrected chi connectivity index (χ3v) is 2.53. The van der Waals surface area contributed by atoms with Gasteiger partial charge in [0.05, 0.1) is 6.54 Å². The van der Waals surface area contributed by atoms with Gasteiger partial charge in [-0.25, -0.2) is 4.98 Å². The van der Waals surface area contributed by atoms with Crippen LogP contribution < -0.4 is 11.1 Å². The van der Waals surface area contributed by atoms with Gasteiger partial charge in [0.25, 0.3) is 5.91 Å². The van der Waals surface area contributed by atoms with Gasteiger partial charge in [0.1, 0.15) is 6.26 Å². The lowest BCUT2D eigenvalue weighted by Crippen LogP contribution is -2.34. The summed E-state index contributed by atoms with van der Waals surface area (Å²) in [6.07, 6.45) is 8.61. The van der Waals surface area contributed by atoms with Crippen molar-refractivity contribution in [1.29, 1.82) is 0 Å². The third-order valence-electron chi connectivity index (χ3n) is 2.53. The first-order valence-corrected chi connectivity index (χ1v) is 5.41. The highest BCUT2D eigenvalue weighted by atomic mass is 16.3. The van der Waals surface area contributed by atoms with E-state index in [-0.39, 0.29) is 18.5 Å². The zero-order valence-corrected chi connectivity index (χ0v) is 8.98. The van der Waals surface area contributed by atoms with E-state index in [1.54, 1.807) is 0 Å². The maximum absolute atomic E-state index is 11.7. The van der Waals surface area contributed by atoms with Crippen LogP contribution in [0.25, 0.3) is 0 Å². The molecule has 0 radical (unpaired) electrons. The van der Waals surface area contributed by atoms with Crippen molar-refractivity contribution in [3.8, 4) is 0 Å². The topological polar surface area (TPSA) is 81.1 Å². The molecule has 0 aromatic carbocycles. The Balaban J connectivity index is 1.96. The quantitative estimate of drug-likeness (QED) is 0.745. The summed E-state index contributed by atoms with van der Waals surface area (Å²) in [6, 6.07) is 0.110. The van der Waals surface area contributed by atoms with E-state index in [9.17, 15) is 4.79 Å². The van der Waals surface area contributed by atoms with E-state index in [0.717, 1.165) is 19.3 Å². The molecule has 1 heterocycles. The molecule has 0 fully saturated rings. The van der Waals surface area contributed by atoms with Crippen LogP contribution in [0, 0.1) is 0 Å². The molecular weight excluding hydrogens is 206 g/mol. The first-order valence-electron chi connectivity index (χ1n) is 5.41. The summed E-state index contributed by atoms with van der Waals surface area (Å²) < 4.78 is 5.01. The van der Waals surface area contributed by atoms with Crippen molar-refractivity contribution in [2.45, 2.75) is 31.8 Å². The lowest BCUT2D eigenvalue weighted by atomic mass is 10.0. The molecule has 1 aromatic rings. The predicted molar refractivity (Wildman–Crippen MR) is 58.6 cm³/mol. The minimum Gasteiger partial charge on any atom is -0.447 e. The molecule has 1 aromatic heterocycles. The minimum absolute atomic E-state index is 0.110. The summed E-state index contributed by atoms with van der Waals surface area (Å²) in [5.41, 5.74) is 5.64. The van der Waals surface area contributed by atoms with Gasteiger partial charge in [-0.3, -0.25) is 4.79 Å². The van der Waals surface area contributed by atoms with Crippen molar-refractivity contribution < 1.29 is 9.21 Å². The monoisotopic (exact) mass is 221 g/mol. The van der Waals surface area contributed by atoms with E-state index in [2.05, 4.69) is 16.4 Å². The molecule has 0 aliphatic heterocycles. The Morgan fingerprint density at radius 2 is 2.56 bits per heavy atom. The Labute approximate surface area is 93.7 Å². The molecule has 0 bridgehead atoms. The number of nitrogens with two attached hydrogens (primary N) is 1. The Morgan fingerprint density at radius 1 is 1.69 bits per heavy atom. The van der Waals surface area contributed by atoms with Crippen LogP contribution in [-0.4, -0.2) is 16.9 Å². The number of oxazole rings is 1. The fraction of sp³-hybridized carbons (Fsp3) is 0.455. The van der Waals surface area contributed by atoms with Crippen LogP contribution in [0.2, 0.25) is 0 Å². The Bertz CT molecular complexity index is 398. The molecule has 5 heteroatoms. The van der Waals surface area contributed by atoms with Crippen LogP contribution in [0.15, 0.2) is 22.8 Å². The number of hydrogen-bond acceptors (Lipinski definition) is 4. The maximum atomic E-state index is 11.7. The smallest absolute Gasteiger partial charge is 0.273 e. The van der Waals surface area contributed by atoms with Gasteiger partial charge in [-0.2, -0.15) is 0 Å². The maximum Gasteiger partial charge on any atom is 0.273 e. The highest BCUT2D eigenvalue weighted by molar-refractivity contribution is 5.92. The molecule has 1 aliphatic carbocycles.